The highest BCUT2D eigenvalue weighted by atomic mass is 15.3. The average Bonchev–Trinajstić information content (AvgIpc) is 3.17. The summed E-state index contributed by atoms with van der Waals surface area (Å²) in [6, 6.07) is 10.3. The van der Waals surface area contributed by atoms with E-state index in [1.54, 1.807) is 6.20 Å². The zero-order chi connectivity index (χ0) is 14.3. The van der Waals surface area contributed by atoms with Gasteiger partial charge in [-0.05, 0) is 12.0 Å². The molecule has 0 aliphatic heterocycles. The van der Waals surface area contributed by atoms with E-state index in [1.165, 1.54) is 5.56 Å². The summed E-state index contributed by atoms with van der Waals surface area (Å²) >= 11 is 0. The number of nitrogens with zero attached hydrogens (tertiary/aromatic N) is 4. The van der Waals surface area contributed by atoms with Crippen LogP contribution < -0.4 is 5.32 Å². The third-order valence-corrected chi connectivity index (χ3v) is 3.30. The molecule has 5 heteroatoms. The molecule has 2 aromatic heterocycles. The maximum absolute atomic E-state index is 4.38. The fourth-order valence-electron chi connectivity index (χ4n) is 2.23. The number of hydrogen-bond acceptors (Lipinski definition) is 3. The second kappa shape index (κ2) is 6.74. The lowest BCUT2D eigenvalue weighted by Gasteiger charge is -2.04. The van der Waals surface area contributed by atoms with E-state index in [0.29, 0.717) is 0 Å². The summed E-state index contributed by atoms with van der Waals surface area (Å²) in [6.07, 6.45) is 10.6. The molecule has 0 spiro atoms. The van der Waals surface area contributed by atoms with Crippen LogP contribution in [0.15, 0.2) is 61.4 Å². The molecule has 108 valence electrons. The van der Waals surface area contributed by atoms with Crippen molar-refractivity contribution in [3.05, 3.63) is 67.0 Å². The van der Waals surface area contributed by atoms with Gasteiger partial charge in [0.15, 0.2) is 0 Å². The maximum Gasteiger partial charge on any atom is 0.0945 e. The molecule has 0 aliphatic carbocycles. The molecule has 0 atom stereocenters. The Hall–Kier alpha value is -2.56. The van der Waals surface area contributed by atoms with Crippen LogP contribution in [0, 0.1) is 0 Å². The van der Waals surface area contributed by atoms with Gasteiger partial charge in [-0.1, -0.05) is 30.3 Å². The first-order valence-electron chi connectivity index (χ1n) is 7.16. The van der Waals surface area contributed by atoms with Crippen molar-refractivity contribution < 1.29 is 0 Å². The Balaban J connectivity index is 1.44. The van der Waals surface area contributed by atoms with Gasteiger partial charge < -0.3 is 9.88 Å². The van der Waals surface area contributed by atoms with Crippen molar-refractivity contribution in [3.63, 3.8) is 0 Å². The SMILES string of the molecule is c1ccc(Cn2cc(NCCCn3ccnc3)cn2)cc1. The van der Waals surface area contributed by atoms with Crippen LogP contribution in [0.2, 0.25) is 0 Å². The maximum atomic E-state index is 4.38. The van der Waals surface area contributed by atoms with Crippen molar-refractivity contribution in [1.82, 2.24) is 19.3 Å². The molecule has 0 aliphatic rings. The van der Waals surface area contributed by atoms with Crippen molar-refractivity contribution in [1.29, 1.82) is 0 Å². The lowest BCUT2D eigenvalue weighted by Crippen LogP contribution is -2.05. The molecule has 3 rings (SSSR count). The fourth-order valence-corrected chi connectivity index (χ4v) is 2.23. The quantitative estimate of drug-likeness (QED) is 0.677. The number of imidazole rings is 1. The van der Waals surface area contributed by atoms with Gasteiger partial charge in [0.25, 0.3) is 0 Å². The molecule has 0 amide bonds. The molecule has 3 aromatic rings. The summed E-state index contributed by atoms with van der Waals surface area (Å²) in [5.74, 6) is 0. The minimum atomic E-state index is 0.803. The predicted octanol–water partition coefficient (Wildman–Crippen LogP) is 2.63. The van der Waals surface area contributed by atoms with Gasteiger partial charge in [0.2, 0.25) is 0 Å². The number of aromatic nitrogens is 4. The molecule has 1 aromatic carbocycles. The number of anilines is 1. The van der Waals surface area contributed by atoms with E-state index in [9.17, 15) is 0 Å². The van der Waals surface area contributed by atoms with Crippen LogP contribution >= 0.6 is 0 Å². The molecule has 0 saturated carbocycles. The first-order chi connectivity index (χ1) is 10.4. The summed E-state index contributed by atoms with van der Waals surface area (Å²) in [6.45, 7) is 2.71. The Morgan fingerprint density at radius 1 is 1.14 bits per heavy atom. The van der Waals surface area contributed by atoms with E-state index in [4.69, 9.17) is 0 Å². The van der Waals surface area contributed by atoms with Crippen LogP contribution in [0.4, 0.5) is 5.69 Å². The van der Waals surface area contributed by atoms with Crippen LogP contribution in [0.3, 0.4) is 0 Å². The largest absolute Gasteiger partial charge is 0.382 e. The van der Waals surface area contributed by atoms with Gasteiger partial charge in [-0.2, -0.15) is 5.10 Å². The zero-order valence-electron chi connectivity index (χ0n) is 11.9. The van der Waals surface area contributed by atoms with Crippen LogP contribution in [0.1, 0.15) is 12.0 Å². The Bertz CT molecular complexity index is 642. The van der Waals surface area contributed by atoms with Crippen molar-refractivity contribution in [3.8, 4) is 0 Å². The standard InChI is InChI=1S/C16H19N5/c1-2-5-15(6-3-1)12-21-13-16(11-19-21)18-7-4-9-20-10-8-17-14-20/h1-3,5-6,8,10-11,13-14,18H,4,7,9,12H2. The van der Waals surface area contributed by atoms with E-state index < -0.39 is 0 Å². The second-order valence-corrected chi connectivity index (χ2v) is 4.99. The van der Waals surface area contributed by atoms with E-state index in [1.807, 2.05) is 47.8 Å². The summed E-state index contributed by atoms with van der Waals surface area (Å²) in [4.78, 5) is 4.03. The lowest BCUT2D eigenvalue weighted by atomic mass is 10.2. The monoisotopic (exact) mass is 281 g/mol. The first-order valence-corrected chi connectivity index (χ1v) is 7.16. The smallest absolute Gasteiger partial charge is 0.0945 e. The molecule has 2 heterocycles. The van der Waals surface area contributed by atoms with Crippen LogP contribution in [-0.2, 0) is 13.1 Å². The molecule has 0 fully saturated rings. The third-order valence-electron chi connectivity index (χ3n) is 3.30. The highest BCUT2D eigenvalue weighted by Gasteiger charge is 1.99. The topological polar surface area (TPSA) is 47.7 Å². The third kappa shape index (κ3) is 3.95. The van der Waals surface area contributed by atoms with Crippen molar-refractivity contribution in [2.75, 3.05) is 11.9 Å². The molecular weight excluding hydrogens is 262 g/mol. The predicted molar refractivity (Wildman–Crippen MR) is 83.1 cm³/mol. The van der Waals surface area contributed by atoms with Gasteiger partial charge in [-0.15, -0.1) is 0 Å². The zero-order valence-corrected chi connectivity index (χ0v) is 11.9. The molecule has 5 nitrogen and oxygen atoms in total. The normalized spacial score (nSPS) is 10.7. The average molecular weight is 281 g/mol. The number of aryl methyl sites for hydroxylation is 1. The molecule has 1 N–H and O–H groups in total. The highest BCUT2D eigenvalue weighted by Crippen LogP contribution is 2.08. The first kappa shape index (κ1) is 13.4. The Labute approximate surface area is 124 Å². The van der Waals surface area contributed by atoms with E-state index in [0.717, 1.165) is 31.7 Å². The lowest BCUT2D eigenvalue weighted by molar-refractivity contribution is 0.660. The number of rotatable bonds is 7. The van der Waals surface area contributed by atoms with Crippen LogP contribution in [0.5, 0.6) is 0 Å². The Kier molecular flexibility index (Phi) is 4.31. The Morgan fingerprint density at radius 3 is 2.86 bits per heavy atom. The molecule has 0 radical (unpaired) electrons. The van der Waals surface area contributed by atoms with Gasteiger partial charge in [-0.3, -0.25) is 4.68 Å². The van der Waals surface area contributed by atoms with Crippen LogP contribution in [0.25, 0.3) is 0 Å². The van der Waals surface area contributed by atoms with Gasteiger partial charge in [0.05, 0.1) is 24.8 Å². The van der Waals surface area contributed by atoms with E-state index in [-0.39, 0.29) is 0 Å². The molecule has 0 unspecified atom stereocenters. The summed E-state index contributed by atoms with van der Waals surface area (Å²) < 4.78 is 4.04. The fraction of sp³-hybridized carbons (Fsp3) is 0.250. The van der Waals surface area contributed by atoms with E-state index in [2.05, 4.69) is 32.1 Å². The van der Waals surface area contributed by atoms with Gasteiger partial charge in [0, 0.05) is 31.7 Å². The van der Waals surface area contributed by atoms with Crippen molar-refractivity contribution in [2.24, 2.45) is 0 Å². The van der Waals surface area contributed by atoms with Crippen molar-refractivity contribution in [2.45, 2.75) is 19.5 Å². The van der Waals surface area contributed by atoms with Gasteiger partial charge in [0.1, 0.15) is 0 Å². The molecule has 0 saturated heterocycles. The summed E-state index contributed by atoms with van der Waals surface area (Å²) in [7, 11) is 0. The highest BCUT2D eigenvalue weighted by molar-refractivity contribution is 5.38. The summed E-state index contributed by atoms with van der Waals surface area (Å²) in [5.41, 5.74) is 2.32. The molecular formula is C16H19N5. The molecule has 21 heavy (non-hydrogen) atoms. The number of nitrogens with one attached hydrogen (secondary N) is 1. The van der Waals surface area contributed by atoms with Crippen molar-refractivity contribution >= 4 is 5.69 Å². The number of benzene rings is 1. The van der Waals surface area contributed by atoms with Gasteiger partial charge in [-0.25, -0.2) is 4.98 Å². The summed E-state index contributed by atoms with van der Waals surface area (Å²) in [5, 5.41) is 7.78. The van der Waals surface area contributed by atoms with Crippen LogP contribution in [-0.4, -0.2) is 25.9 Å². The minimum absolute atomic E-state index is 0.803. The number of hydrogen-bond donors (Lipinski definition) is 1. The van der Waals surface area contributed by atoms with Gasteiger partial charge >= 0.3 is 0 Å². The van der Waals surface area contributed by atoms with E-state index >= 15 is 0 Å². The second-order valence-electron chi connectivity index (χ2n) is 4.99. The Morgan fingerprint density at radius 2 is 2.05 bits per heavy atom. The molecule has 0 bridgehead atoms. The minimum Gasteiger partial charge on any atom is -0.382 e.